The second-order valence-electron chi connectivity index (χ2n) is 6.16. The number of nitro benzene ring substituents is 1. The second kappa shape index (κ2) is 10.4. The van der Waals surface area contributed by atoms with Crippen LogP contribution in [-0.4, -0.2) is 36.4 Å². The summed E-state index contributed by atoms with van der Waals surface area (Å²) in [5, 5.41) is 28.0. The van der Waals surface area contributed by atoms with Crippen molar-refractivity contribution >= 4 is 34.5 Å². The van der Waals surface area contributed by atoms with E-state index in [2.05, 4.69) is 10.2 Å². The molecule has 0 spiro atoms. The minimum Gasteiger partial charge on any atom is -0.456 e. The molecule has 154 valence electrons. The third-order valence-electron chi connectivity index (χ3n) is 3.94. The number of hydrogen-bond donors (Lipinski definition) is 0. The lowest BCUT2D eigenvalue weighted by Crippen LogP contribution is -2.31. The molecule has 0 aliphatic heterocycles. The molecule has 0 unspecified atom stereocenters. The van der Waals surface area contributed by atoms with Gasteiger partial charge >= 0.3 is 5.97 Å². The van der Waals surface area contributed by atoms with Gasteiger partial charge in [-0.1, -0.05) is 0 Å². The molecule has 0 N–H and O–H groups in total. The highest BCUT2D eigenvalue weighted by Crippen LogP contribution is 2.27. The average Bonchev–Trinajstić information content (AvgIpc) is 2.74. The SMILES string of the molecule is CCN(CC(=O)OCC(C)=O)c1ccc(/N=N/c2ccc([N+](=O)[O-])cc2C#N)cc1. The number of esters is 1. The second-order valence-corrected chi connectivity index (χ2v) is 6.16. The summed E-state index contributed by atoms with van der Waals surface area (Å²) in [4.78, 5) is 34.7. The maximum atomic E-state index is 11.8. The van der Waals surface area contributed by atoms with Gasteiger partial charge in [-0.15, -0.1) is 5.11 Å². The number of likely N-dealkylation sites (N-methyl/N-ethyl adjacent to an activating group) is 1. The lowest BCUT2D eigenvalue weighted by atomic mass is 10.2. The molecule has 0 amide bonds. The number of Topliss-reactive ketones (excluding diaryl/α,β-unsaturated/α-hetero) is 1. The van der Waals surface area contributed by atoms with Crippen molar-refractivity contribution in [2.24, 2.45) is 10.2 Å². The first-order valence-corrected chi connectivity index (χ1v) is 8.94. The van der Waals surface area contributed by atoms with E-state index in [4.69, 9.17) is 10.00 Å². The molecule has 0 bridgehead atoms. The largest absolute Gasteiger partial charge is 0.456 e. The van der Waals surface area contributed by atoms with E-state index < -0.39 is 10.9 Å². The molecule has 0 aliphatic rings. The van der Waals surface area contributed by atoms with E-state index >= 15 is 0 Å². The Hall–Kier alpha value is -4.13. The van der Waals surface area contributed by atoms with Crippen LogP contribution in [0.15, 0.2) is 52.7 Å². The molecule has 0 saturated heterocycles. The van der Waals surface area contributed by atoms with Crippen LogP contribution < -0.4 is 4.90 Å². The molecule has 10 heteroatoms. The molecule has 2 rings (SSSR count). The normalized spacial score (nSPS) is 10.4. The number of ether oxygens (including phenoxy) is 1. The van der Waals surface area contributed by atoms with E-state index in [0.29, 0.717) is 12.2 Å². The average molecular weight is 409 g/mol. The van der Waals surface area contributed by atoms with Crippen LogP contribution in [0.2, 0.25) is 0 Å². The molecular weight excluding hydrogens is 390 g/mol. The summed E-state index contributed by atoms with van der Waals surface area (Å²) in [6.07, 6.45) is 0. The molecule has 0 saturated carbocycles. The van der Waals surface area contributed by atoms with E-state index in [-0.39, 0.29) is 35.9 Å². The van der Waals surface area contributed by atoms with Crippen molar-refractivity contribution in [3.63, 3.8) is 0 Å². The highest BCUT2D eigenvalue weighted by atomic mass is 16.6. The number of carbonyl (C=O) groups excluding carboxylic acids is 2. The van der Waals surface area contributed by atoms with Crippen LogP contribution in [0.25, 0.3) is 0 Å². The van der Waals surface area contributed by atoms with Gasteiger partial charge in [-0.3, -0.25) is 19.7 Å². The smallest absolute Gasteiger partial charge is 0.325 e. The van der Waals surface area contributed by atoms with Gasteiger partial charge in [0, 0.05) is 24.4 Å². The predicted molar refractivity (Wildman–Crippen MR) is 108 cm³/mol. The molecule has 30 heavy (non-hydrogen) atoms. The Balaban J connectivity index is 2.10. The molecule has 10 nitrogen and oxygen atoms in total. The first kappa shape index (κ1) is 22.2. The van der Waals surface area contributed by atoms with Gasteiger partial charge in [0.1, 0.15) is 24.9 Å². The van der Waals surface area contributed by atoms with Crippen molar-refractivity contribution < 1.29 is 19.2 Å². The first-order valence-electron chi connectivity index (χ1n) is 8.94. The number of azo groups is 1. The number of nitro groups is 1. The van der Waals surface area contributed by atoms with Crippen LogP contribution in [-0.2, 0) is 14.3 Å². The molecule has 0 atom stereocenters. The van der Waals surface area contributed by atoms with Gasteiger partial charge < -0.3 is 9.64 Å². The van der Waals surface area contributed by atoms with Gasteiger partial charge in [-0.05, 0) is 44.2 Å². The third kappa shape index (κ3) is 6.20. The summed E-state index contributed by atoms with van der Waals surface area (Å²) in [5.74, 6) is -0.730. The van der Waals surface area contributed by atoms with Crippen molar-refractivity contribution in [1.29, 1.82) is 5.26 Å². The van der Waals surface area contributed by atoms with Crippen LogP contribution in [0, 0.1) is 21.4 Å². The zero-order valence-electron chi connectivity index (χ0n) is 16.4. The maximum Gasteiger partial charge on any atom is 0.325 e. The van der Waals surface area contributed by atoms with Gasteiger partial charge in [0.05, 0.1) is 16.2 Å². The number of benzene rings is 2. The highest BCUT2D eigenvalue weighted by molar-refractivity contribution is 5.82. The third-order valence-corrected chi connectivity index (χ3v) is 3.94. The lowest BCUT2D eigenvalue weighted by molar-refractivity contribution is -0.384. The maximum absolute atomic E-state index is 11.8. The minimum atomic E-state index is -0.587. The van der Waals surface area contributed by atoms with Crippen molar-refractivity contribution in [2.45, 2.75) is 13.8 Å². The summed E-state index contributed by atoms with van der Waals surface area (Å²) < 4.78 is 4.88. The number of nitriles is 1. The van der Waals surface area contributed by atoms with Gasteiger partial charge in [-0.25, -0.2) is 0 Å². The summed E-state index contributed by atoms with van der Waals surface area (Å²) in [5.41, 5.74) is 1.32. The fourth-order valence-electron chi connectivity index (χ4n) is 2.43. The molecule has 2 aromatic rings. The molecule has 0 fully saturated rings. The van der Waals surface area contributed by atoms with Crippen molar-refractivity contribution in [3.05, 3.63) is 58.1 Å². The summed E-state index contributed by atoms with van der Waals surface area (Å²) in [6, 6.07) is 12.5. The Labute approximate surface area is 172 Å². The molecular formula is C20H19N5O5. The molecule has 2 aromatic carbocycles. The molecule has 0 heterocycles. The molecule has 0 aliphatic carbocycles. The van der Waals surface area contributed by atoms with E-state index in [1.807, 2.05) is 13.0 Å². The Morgan fingerprint density at radius 2 is 1.90 bits per heavy atom. The summed E-state index contributed by atoms with van der Waals surface area (Å²) in [6.45, 7) is 3.52. The quantitative estimate of drug-likeness (QED) is 0.265. The molecule has 0 radical (unpaired) electrons. The van der Waals surface area contributed by atoms with Crippen LogP contribution in [0.4, 0.5) is 22.7 Å². The number of ketones is 1. The number of nitrogens with zero attached hydrogens (tertiary/aromatic N) is 5. The summed E-state index contributed by atoms with van der Waals surface area (Å²) >= 11 is 0. The number of rotatable bonds is 9. The van der Waals surface area contributed by atoms with Crippen LogP contribution in [0.1, 0.15) is 19.4 Å². The van der Waals surface area contributed by atoms with Gasteiger partial charge in [0.2, 0.25) is 0 Å². The van der Waals surface area contributed by atoms with Gasteiger partial charge in [0.15, 0.2) is 5.78 Å². The minimum absolute atomic E-state index is 0.00102. The van der Waals surface area contributed by atoms with Crippen molar-refractivity contribution in [1.82, 2.24) is 0 Å². The van der Waals surface area contributed by atoms with E-state index in [0.717, 1.165) is 11.8 Å². The van der Waals surface area contributed by atoms with E-state index in [1.54, 1.807) is 29.2 Å². The monoisotopic (exact) mass is 409 g/mol. The Bertz CT molecular complexity index is 1010. The van der Waals surface area contributed by atoms with E-state index in [1.165, 1.54) is 19.1 Å². The van der Waals surface area contributed by atoms with Crippen LogP contribution in [0.5, 0.6) is 0 Å². The Kier molecular flexibility index (Phi) is 7.70. The standard InChI is InChI=1S/C20H19N5O5/c1-3-24(12-20(27)30-13-14(2)26)17-6-4-16(5-7-17)22-23-19-9-8-18(25(28)29)10-15(19)11-21/h4-10H,3,12-13H2,1-2H3/b23-22+. The Morgan fingerprint density at radius 1 is 1.20 bits per heavy atom. The first-order chi connectivity index (χ1) is 14.3. The Morgan fingerprint density at radius 3 is 2.47 bits per heavy atom. The topological polar surface area (TPSA) is 138 Å². The highest BCUT2D eigenvalue weighted by Gasteiger charge is 2.12. The van der Waals surface area contributed by atoms with E-state index in [9.17, 15) is 19.7 Å². The molecule has 0 aromatic heterocycles. The zero-order valence-corrected chi connectivity index (χ0v) is 16.4. The van der Waals surface area contributed by atoms with Gasteiger partial charge in [0.25, 0.3) is 5.69 Å². The fourth-order valence-corrected chi connectivity index (χ4v) is 2.43. The van der Waals surface area contributed by atoms with Crippen molar-refractivity contribution in [3.8, 4) is 6.07 Å². The fraction of sp³-hybridized carbons (Fsp3) is 0.250. The number of hydrogen-bond acceptors (Lipinski definition) is 9. The van der Waals surface area contributed by atoms with Gasteiger partial charge in [-0.2, -0.15) is 10.4 Å². The lowest BCUT2D eigenvalue weighted by Gasteiger charge is -2.21. The number of non-ortho nitro benzene ring substituents is 1. The summed E-state index contributed by atoms with van der Waals surface area (Å²) in [7, 11) is 0. The number of carbonyl (C=O) groups is 2. The van der Waals surface area contributed by atoms with Crippen LogP contribution in [0.3, 0.4) is 0 Å². The zero-order chi connectivity index (χ0) is 22.1. The van der Waals surface area contributed by atoms with Crippen LogP contribution >= 0.6 is 0 Å². The number of anilines is 1. The van der Waals surface area contributed by atoms with Crippen molar-refractivity contribution in [2.75, 3.05) is 24.6 Å². The predicted octanol–water partition coefficient (Wildman–Crippen LogP) is 3.84.